The largest absolute Gasteiger partial charge is 0.465 e. The molecule has 1 aromatic rings. The van der Waals surface area contributed by atoms with Crippen molar-refractivity contribution in [3.63, 3.8) is 0 Å². The van der Waals surface area contributed by atoms with Crippen molar-refractivity contribution < 1.29 is 27.8 Å². The molecule has 1 fully saturated rings. The Balaban J connectivity index is 2.25. The quantitative estimate of drug-likeness (QED) is 0.711. The molecule has 1 amide bonds. The van der Waals surface area contributed by atoms with Crippen LogP contribution in [0.4, 0.5) is 18.0 Å². The maximum atomic E-state index is 13.3. The van der Waals surface area contributed by atoms with Crippen molar-refractivity contribution in [2.75, 3.05) is 0 Å². The van der Waals surface area contributed by atoms with E-state index in [1.54, 1.807) is 27.7 Å². The summed E-state index contributed by atoms with van der Waals surface area (Å²) in [5.41, 5.74) is -1.42. The molecular weight excluding hydrogens is 371 g/mol. The Labute approximate surface area is 155 Å². The summed E-state index contributed by atoms with van der Waals surface area (Å²) in [5.74, 6) is 0. The fraction of sp³-hybridized carbons (Fsp3) is 0.611. The number of amides is 1. The molecule has 0 saturated carbocycles. The van der Waals surface area contributed by atoms with Gasteiger partial charge in [-0.25, -0.2) is 4.79 Å². The SMILES string of the molecule is C[C@@H]([C@@H]1CC[C@H](c2ccc(Cl)cc2C(F)(F)F)O1)N(C(=O)O)C(C)(C)C. The minimum Gasteiger partial charge on any atom is -0.465 e. The molecule has 8 heteroatoms. The van der Waals surface area contributed by atoms with Gasteiger partial charge in [0.2, 0.25) is 0 Å². The highest BCUT2D eigenvalue weighted by Gasteiger charge is 2.42. The highest BCUT2D eigenvalue weighted by molar-refractivity contribution is 6.30. The van der Waals surface area contributed by atoms with Gasteiger partial charge in [0.15, 0.2) is 0 Å². The number of halogens is 4. The van der Waals surface area contributed by atoms with Crippen LogP contribution in [0.3, 0.4) is 0 Å². The summed E-state index contributed by atoms with van der Waals surface area (Å²) in [4.78, 5) is 12.9. The van der Waals surface area contributed by atoms with E-state index in [0.29, 0.717) is 12.8 Å². The molecule has 0 spiro atoms. The summed E-state index contributed by atoms with van der Waals surface area (Å²) < 4.78 is 45.8. The van der Waals surface area contributed by atoms with Crippen molar-refractivity contribution >= 4 is 17.7 Å². The lowest BCUT2D eigenvalue weighted by Gasteiger charge is -2.40. The molecule has 1 N–H and O–H groups in total. The number of alkyl halides is 3. The van der Waals surface area contributed by atoms with E-state index in [1.807, 2.05) is 0 Å². The summed E-state index contributed by atoms with van der Waals surface area (Å²) in [6, 6.07) is 3.15. The summed E-state index contributed by atoms with van der Waals surface area (Å²) >= 11 is 5.72. The van der Waals surface area contributed by atoms with Crippen molar-refractivity contribution in [3.05, 3.63) is 34.3 Å². The molecule has 0 aromatic heterocycles. The van der Waals surface area contributed by atoms with E-state index in [-0.39, 0.29) is 10.6 Å². The van der Waals surface area contributed by atoms with E-state index in [1.165, 1.54) is 17.0 Å². The summed E-state index contributed by atoms with van der Waals surface area (Å²) in [7, 11) is 0. The molecule has 4 nitrogen and oxygen atoms in total. The molecule has 1 saturated heterocycles. The third-order valence-electron chi connectivity index (χ3n) is 4.59. The fourth-order valence-electron chi connectivity index (χ4n) is 3.54. The van der Waals surface area contributed by atoms with Gasteiger partial charge >= 0.3 is 12.3 Å². The number of rotatable bonds is 3. The van der Waals surface area contributed by atoms with Gasteiger partial charge in [0, 0.05) is 10.6 Å². The minimum atomic E-state index is -4.54. The molecular formula is C18H23ClF3NO3. The third-order valence-corrected chi connectivity index (χ3v) is 4.83. The number of carboxylic acid groups (broad SMARTS) is 1. The predicted octanol–water partition coefficient (Wildman–Crippen LogP) is 5.75. The van der Waals surface area contributed by atoms with Crippen LogP contribution in [0.15, 0.2) is 18.2 Å². The molecule has 1 aliphatic rings. The molecule has 1 heterocycles. The zero-order chi connectivity index (χ0) is 19.9. The van der Waals surface area contributed by atoms with Gasteiger partial charge in [-0.05, 0) is 58.2 Å². The predicted molar refractivity (Wildman–Crippen MR) is 92.4 cm³/mol. The summed E-state index contributed by atoms with van der Waals surface area (Å²) in [6.45, 7) is 7.03. The second kappa shape index (κ2) is 7.27. The van der Waals surface area contributed by atoms with Gasteiger partial charge in [-0.1, -0.05) is 17.7 Å². The first-order valence-corrected chi connectivity index (χ1v) is 8.74. The molecule has 146 valence electrons. The number of ether oxygens (including phenoxy) is 1. The Bertz CT molecular complexity index is 673. The van der Waals surface area contributed by atoms with Gasteiger partial charge in [0.1, 0.15) is 0 Å². The van der Waals surface area contributed by atoms with Crippen molar-refractivity contribution in [2.45, 2.75) is 70.5 Å². The van der Waals surface area contributed by atoms with Crippen LogP contribution in [0, 0.1) is 0 Å². The second-order valence-corrected chi connectivity index (χ2v) is 7.97. The molecule has 3 atom stereocenters. The minimum absolute atomic E-state index is 0.00812. The highest BCUT2D eigenvalue weighted by atomic mass is 35.5. The molecule has 1 aliphatic heterocycles. The van der Waals surface area contributed by atoms with E-state index >= 15 is 0 Å². The molecule has 0 aliphatic carbocycles. The smallest absolute Gasteiger partial charge is 0.416 e. The van der Waals surface area contributed by atoms with Crippen LogP contribution in [0.25, 0.3) is 0 Å². The van der Waals surface area contributed by atoms with E-state index in [0.717, 1.165) is 6.07 Å². The van der Waals surface area contributed by atoms with Crippen LogP contribution in [-0.2, 0) is 10.9 Å². The van der Waals surface area contributed by atoms with Crippen molar-refractivity contribution in [2.24, 2.45) is 0 Å². The number of benzene rings is 1. The van der Waals surface area contributed by atoms with Crippen molar-refractivity contribution in [1.82, 2.24) is 4.90 Å². The first-order chi connectivity index (χ1) is 11.8. The van der Waals surface area contributed by atoms with Gasteiger partial charge in [-0.2, -0.15) is 13.2 Å². The molecule has 0 bridgehead atoms. The van der Waals surface area contributed by atoms with Crippen molar-refractivity contribution in [1.29, 1.82) is 0 Å². The summed E-state index contributed by atoms with van der Waals surface area (Å²) in [6.07, 6.45) is -5.98. The van der Waals surface area contributed by atoms with Crippen LogP contribution in [0.1, 0.15) is 57.8 Å². The van der Waals surface area contributed by atoms with E-state index < -0.39 is 41.6 Å². The van der Waals surface area contributed by atoms with Crippen molar-refractivity contribution in [3.8, 4) is 0 Å². The number of nitrogens with zero attached hydrogens (tertiary/aromatic N) is 1. The maximum Gasteiger partial charge on any atom is 0.416 e. The van der Waals surface area contributed by atoms with Crippen LogP contribution in [0.2, 0.25) is 5.02 Å². The Morgan fingerprint density at radius 3 is 2.42 bits per heavy atom. The Morgan fingerprint density at radius 2 is 1.92 bits per heavy atom. The van der Waals surface area contributed by atoms with E-state index in [9.17, 15) is 23.1 Å². The van der Waals surface area contributed by atoms with E-state index in [4.69, 9.17) is 16.3 Å². The number of carbonyl (C=O) groups is 1. The van der Waals surface area contributed by atoms with Crippen LogP contribution in [0.5, 0.6) is 0 Å². The van der Waals surface area contributed by atoms with Crippen LogP contribution < -0.4 is 0 Å². The number of hydrogen-bond donors (Lipinski definition) is 1. The standard InChI is InChI=1S/C18H23ClF3NO3/c1-10(23(16(24)25)17(2,3)4)14-7-8-15(26-14)12-6-5-11(19)9-13(12)18(20,21)22/h5-6,9-10,14-15H,7-8H2,1-4H3,(H,24,25)/t10-,14-,15+/m0/s1. The fourth-order valence-corrected chi connectivity index (χ4v) is 3.71. The second-order valence-electron chi connectivity index (χ2n) is 7.53. The highest BCUT2D eigenvalue weighted by Crippen LogP contribution is 2.42. The molecule has 26 heavy (non-hydrogen) atoms. The van der Waals surface area contributed by atoms with E-state index in [2.05, 4.69) is 0 Å². The maximum absolute atomic E-state index is 13.3. The average Bonchev–Trinajstić information content (AvgIpc) is 2.93. The Kier molecular flexibility index (Phi) is 5.83. The number of hydrogen-bond acceptors (Lipinski definition) is 2. The lowest BCUT2D eigenvalue weighted by Crippen LogP contribution is -2.54. The lowest BCUT2D eigenvalue weighted by atomic mass is 9.98. The van der Waals surface area contributed by atoms with Gasteiger partial charge in [0.05, 0.1) is 23.8 Å². The molecule has 0 unspecified atom stereocenters. The zero-order valence-electron chi connectivity index (χ0n) is 15.1. The van der Waals surface area contributed by atoms with Crippen LogP contribution in [-0.4, -0.2) is 33.8 Å². The normalized spacial score (nSPS) is 22.3. The van der Waals surface area contributed by atoms with Crippen LogP contribution >= 0.6 is 11.6 Å². The monoisotopic (exact) mass is 393 g/mol. The zero-order valence-corrected chi connectivity index (χ0v) is 15.9. The molecule has 2 rings (SSSR count). The Hall–Kier alpha value is -1.47. The molecule has 1 aromatic carbocycles. The van der Waals surface area contributed by atoms with Gasteiger partial charge < -0.3 is 9.84 Å². The van der Waals surface area contributed by atoms with Gasteiger partial charge in [-0.3, -0.25) is 4.90 Å². The van der Waals surface area contributed by atoms with Gasteiger partial charge in [-0.15, -0.1) is 0 Å². The molecule has 0 radical (unpaired) electrons. The summed E-state index contributed by atoms with van der Waals surface area (Å²) in [5, 5.41) is 9.52. The first kappa shape index (κ1) is 20.8. The van der Waals surface area contributed by atoms with Gasteiger partial charge in [0.25, 0.3) is 0 Å². The Morgan fingerprint density at radius 1 is 1.31 bits per heavy atom. The average molecular weight is 394 g/mol. The third kappa shape index (κ3) is 4.43. The first-order valence-electron chi connectivity index (χ1n) is 8.36. The lowest BCUT2D eigenvalue weighted by molar-refractivity contribution is -0.139. The topological polar surface area (TPSA) is 49.8 Å².